The highest BCUT2D eigenvalue weighted by molar-refractivity contribution is 5.90. The summed E-state index contributed by atoms with van der Waals surface area (Å²) in [5, 5.41) is 17.8. The molecule has 0 unspecified atom stereocenters. The number of benzene rings is 2. The van der Waals surface area contributed by atoms with Gasteiger partial charge >= 0.3 is 11.9 Å². The zero-order chi connectivity index (χ0) is 14.5. The fourth-order valence-corrected chi connectivity index (χ4v) is 1.61. The third-order valence-electron chi connectivity index (χ3n) is 2.63. The highest BCUT2D eigenvalue weighted by atomic mass is 16.4. The Morgan fingerprint density at radius 1 is 0.800 bits per heavy atom. The molecule has 0 aliphatic heterocycles. The summed E-state index contributed by atoms with van der Waals surface area (Å²) < 4.78 is 0. The Morgan fingerprint density at radius 3 is 2.05 bits per heavy atom. The van der Waals surface area contributed by atoms with Crippen molar-refractivity contribution in [3.63, 3.8) is 0 Å². The van der Waals surface area contributed by atoms with Crippen molar-refractivity contribution in [1.29, 1.82) is 0 Å². The Hall–Kier alpha value is -3.06. The molecule has 0 saturated carbocycles. The molecule has 0 aliphatic rings. The quantitative estimate of drug-likeness (QED) is 0.819. The van der Waals surface area contributed by atoms with Crippen molar-refractivity contribution in [2.75, 3.05) is 0 Å². The summed E-state index contributed by atoms with van der Waals surface area (Å²) in [7, 11) is 0. The maximum absolute atomic E-state index is 11.0. The van der Waals surface area contributed by atoms with Crippen LogP contribution in [0.4, 0.5) is 0 Å². The van der Waals surface area contributed by atoms with E-state index in [0.29, 0.717) is 11.1 Å². The van der Waals surface area contributed by atoms with E-state index in [1.807, 2.05) is 0 Å². The minimum absolute atomic E-state index is 0.141. The molecule has 0 bridgehead atoms. The van der Waals surface area contributed by atoms with Gasteiger partial charge in [-0.3, -0.25) is 0 Å². The second kappa shape index (κ2) is 5.72. The third-order valence-corrected chi connectivity index (χ3v) is 2.63. The predicted octanol–water partition coefficient (Wildman–Crippen LogP) is 2.48. The molecular formula is C16H10O4. The molecular weight excluding hydrogens is 256 g/mol. The molecule has 0 aromatic heterocycles. The zero-order valence-corrected chi connectivity index (χ0v) is 10.3. The molecule has 4 heteroatoms. The number of carboxylic acid groups (broad SMARTS) is 2. The van der Waals surface area contributed by atoms with Crippen LogP contribution in [-0.2, 0) is 0 Å². The Balaban J connectivity index is 2.31. The van der Waals surface area contributed by atoms with E-state index < -0.39 is 11.9 Å². The van der Waals surface area contributed by atoms with Crippen LogP contribution in [0.5, 0.6) is 0 Å². The van der Waals surface area contributed by atoms with E-state index in [2.05, 4.69) is 11.8 Å². The molecule has 0 saturated heterocycles. The summed E-state index contributed by atoms with van der Waals surface area (Å²) in [5.74, 6) is 3.57. The van der Waals surface area contributed by atoms with Crippen molar-refractivity contribution in [2.45, 2.75) is 0 Å². The van der Waals surface area contributed by atoms with Crippen molar-refractivity contribution in [3.05, 3.63) is 70.8 Å². The normalized spacial score (nSPS) is 9.40. The lowest BCUT2D eigenvalue weighted by molar-refractivity contribution is 0.0686. The summed E-state index contributed by atoms with van der Waals surface area (Å²) in [4.78, 5) is 21.7. The van der Waals surface area contributed by atoms with Crippen LogP contribution in [0.15, 0.2) is 48.5 Å². The van der Waals surface area contributed by atoms with Gasteiger partial charge in [-0.1, -0.05) is 24.0 Å². The predicted molar refractivity (Wildman–Crippen MR) is 72.8 cm³/mol. The first-order valence-corrected chi connectivity index (χ1v) is 5.75. The molecule has 2 aromatic rings. The molecule has 2 rings (SSSR count). The van der Waals surface area contributed by atoms with Crippen molar-refractivity contribution >= 4 is 11.9 Å². The van der Waals surface area contributed by atoms with Crippen LogP contribution in [0.25, 0.3) is 0 Å². The van der Waals surface area contributed by atoms with Crippen molar-refractivity contribution in [3.8, 4) is 11.8 Å². The first-order chi connectivity index (χ1) is 9.58. The Bertz CT molecular complexity index is 718. The Labute approximate surface area is 115 Å². The van der Waals surface area contributed by atoms with Crippen molar-refractivity contribution in [2.24, 2.45) is 0 Å². The number of carbonyl (C=O) groups is 2. The van der Waals surface area contributed by atoms with Gasteiger partial charge in [-0.2, -0.15) is 0 Å². The average Bonchev–Trinajstić information content (AvgIpc) is 2.45. The molecule has 0 heterocycles. The summed E-state index contributed by atoms with van der Waals surface area (Å²) in [5.41, 5.74) is 1.36. The molecule has 4 nitrogen and oxygen atoms in total. The minimum Gasteiger partial charge on any atom is -0.478 e. The van der Waals surface area contributed by atoms with Gasteiger partial charge in [0.25, 0.3) is 0 Å². The van der Waals surface area contributed by atoms with E-state index in [4.69, 9.17) is 10.2 Å². The van der Waals surface area contributed by atoms with E-state index in [-0.39, 0.29) is 11.1 Å². The highest BCUT2D eigenvalue weighted by Gasteiger charge is 2.06. The van der Waals surface area contributed by atoms with E-state index in [1.54, 1.807) is 30.3 Å². The number of rotatable bonds is 2. The van der Waals surface area contributed by atoms with Gasteiger partial charge in [0.15, 0.2) is 0 Å². The fourth-order valence-electron chi connectivity index (χ4n) is 1.61. The summed E-state index contributed by atoms with van der Waals surface area (Å²) >= 11 is 0. The molecule has 2 aromatic carbocycles. The van der Waals surface area contributed by atoms with Crippen LogP contribution >= 0.6 is 0 Å². The first-order valence-electron chi connectivity index (χ1n) is 5.75. The van der Waals surface area contributed by atoms with Gasteiger partial charge in [-0.15, -0.1) is 0 Å². The maximum atomic E-state index is 11.0. The van der Waals surface area contributed by atoms with Gasteiger partial charge in [0, 0.05) is 11.1 Å². The lowest BCUT2D eigenvalue weighted by atomic mass is 10.1. The second-order valence-corrected chi connectivity index (χ2v) is 3.98. The maximum Gasteiger partial charge on any atom is 0.336 e. The monoisotopic (exact) mass is 266 g/mol. The lowest BCUT2D eigenvalue weighted by Gasteiger charge is -1.97. The van der Waals surface area contributed by atoms with Gasteiger partial charge in [0.2, 0.25) is 0 Å². The molecule has 0 spiro atoms. The van der Waals surface area contributed by atoms with Gasteiger partial charge in [-0.25, -0.2) is 9.59 Å². The molecule has 2 N–H and O–H groups in total. The molecule has 0 atom stereocenters. The van der Waals surface area contributed by atoms with Crippen LogP contribution < -0.4 is 0 Å². The van der Waals surface area contributed by atoms with Gasteiger partial charge < -0.3 is 10.2 Å². The fraction of sp³-hybridized carbons (Fsp3) is 0. The second-order valence-electron chi connectivity index (χ2n) is 3.98. The molecule has 0 fully saturated rings. The minimum atomic E-state index is -1.03. The highest BCUT2D eigenvalue weighted by Crippen LogP contribution is 2.08. The number of hydrogen-bond acceptors (Lipinski definition) is 2. The summed E-state index contributed by atoms with van der Waals surface area (Å²) in [6.07, 6.45) is 0. The van der Waals surface area contributed by atoms with Crippen molar-refractivity contribution < 1.29 is 19.8 Å². The summed E-state index contributed by atoms with van der Waals surface area (Å²) in [6.45, 7) is 0. The molecule has 20 heavy (non-hydrogen) atoms. The van der Waals surface area contributed by atoms with Crippen molar-refractivity contribution in [1.82, 2.24) is 0 Å². The molecule has 98 valence electrons. The molecule has 0 aliphatic carbocycles. The van der Waals surface area contributed by atoms with E-state index >= 15 is 0 Å². The molecule has 0 amide bonds. The lowest BCUT2D eigenvalue weighted by Crippen LogP contribution is -1.99. The van der Waals surface area contributed by atoms with Gasteiger partial charge in [-0.05, 0) is 36.4 Å². The number of carboxylic acids is 2. The van der Waals surface area contributed by atoms with Crippen LogP contribution in [0, 0.1) is 11.8 Å². The van der Waals surface area contributed by atoms with Crippen LogP contribution in [0.1, 0.15) is 31.8 Å². The number of hydrogen-bond donors (Lipinski definition) is 2. The SMILES string of the molecule is O=C(O)c1ccc(C#Cc2ccccc2C(=O)O)cc1. The summed E-state index contributed by atoms with van der Waals surface area (Å²) in [6, 6.07) is 12.5. The van der Waals surface area contributed by atoms with E-state index in [1.165, 1.54) is 18.2 Å². The average molecular weight is 266 g/mol. The molecule has 0 radical (unpaired) electrons. The standard InChI is InChI=1S/C16H10O4/c17-15(18)13-9-6-11(7-10-13)5-8-12-3-1-2-4-14(12)16(19)20/h1-4,6-7,9-10H,(H,17,18)(H,19,20). The number of aromatic carboxylic acids is 2. The van der Waals surface area contributed by atoms with E-state index in [0.717, 1.165) is 0 Å². The van der Waals surface area contributed by atoms with Gasteiger partial charge in [0.1, 0.15) is 0 Å². The largest absolute Gasteiger partial charge is 0.478 e. The smallest absolute Gasteiger partial charge is 0.336 e. The van der Waals surface area contributed by atoms with Crippen LogP contribution in [0.3, 0.4) is 0 Å². The third kappa shape index (κ3) is 3.03. The van der Waals surface area contributed by atoms with Crippen LogP contribution in [0.2, 0.25) is 0 Å². The first kappa shape index (κ1) is 13.4. The Kier molecular flexibility index (Phi) is 3.82. The zero-order valence-electron chi connectivity index (χ0n) is 10.3. The topological polar surface area (TPSA) is 74.6 Å². The Morgan fingerprint density at radius 2 is 1.45 bits per heavy atom. The van der Waals surface area contributed by atoms with E-state index in [9.17, 15) is 9.59 Å². The van der Waals surface area contributed by atoms with Crippen LogP contribution in [-0.4, -0.2) is 22.2 Å². The van der Waals surface area contributed by atoms with Gasteiger partial charge in [0.05, 0.1) is 11.1 Å².